The first kappa shape index (κ1) is 24.0. The minimum absolute atomic E-state index is 0.170. The van der Waals surface area contributed by atoms with Crippen molar-refractivity contribution in [3.05, 3.63) is 24.3 Å². The predicted octanol–water partition coefficient (Wildman–Crippen LogP) is 5.49. The maximum absolute atomic E-state index is 10.4. The van der Waals surface area contributed by atoms with Gasteiger partial charge in [0.25, 0.3) is 0 Å². The summed E-state index contributed by atoms with van der Waals surface area (Å²) in [5.74, 6) is 0.905. The molecule has 1 aromatic carbocycles. The Morgan fingerprint density at radius 1 is 0.828 bits per heavy atom. The number of hydrogen-bond acceptors (Lipinski definition) is 4. The third-order valence-corrected chi connectivity index (χ3v) is 6.17. The second-order valence-corrected chi connectivity index (χ2v) is 8.61. The van der Waals surface area contributed by atoms with Gasteiger partial charge in [0.15, 0.2) is 0 Å². The molecule has 0 bridgehead atoms. The van der Waals surface area contributed by atoms with Crippen molar-refractivity contribution >= 4 is 5.69 Å². The number of unbranched alkanes of at least 4 members (excludes halogenated alkanes) is 9. The van der Waals surface area contributed by atoms with Gasteiger partial charge in [-0.15, -0.1) is 0 Å². The summed E-state index contributed by atoms with van der Waals surface area (Å²) < 4.78 is 5.24. The van der Waals surface area contributed by atoms with Gasteiger partial charge in [-0.25, -0.2) is 0 Å². The molecule has 0 amide bonds. The monoisotopic (exact) mass is 404 g/mol. The molecule has 0 radical (unpaired) electrons. The van der Waals surface area contributed by atoms with Gasteiger partial charge in [0.1, 0.15) is 5.75 Å². The molecule has 1 fully saturated rings. The lowest BCUT2D eigenvalue weighted by Gasteiger charge is -2.37. The molecular formula is C25H44N2O2. The quantitative estimate of drug-likeness (QED) is 0.392. The van der Waals surface area contributed by atoms with Crippen molar-refractivity contribution < 1.29 is 9.84 Å². The summed E-state index contributed by atoms with van der Waals surface area (Å²) in [6, 6.07) is 8.32. The van der Waals surface area contributed by atoms with Crippen molar-refractivity contribution in [3.63, 3.8) is 0 Å². The SMILES string of the molecule is CCCCCCCCCCCCC(O)CN1CCN(c2ccc(OC)cc2)CC1. The largest absolute Gasteiger partial charge is 0.497 e. The third kappa shape index (κ3) is 9.86. The summed E-state index contributed by atoms with van der Waals surface area (Å²) in [6.07, 6.45) is 14.3. The number of aliphatic hydroxyl groups excluding tert-OH is 1. The lowest BCUT2D eigenvalue weighted by Crippen LogP contribution is -2.48. The van der Waals surface area contributed by atoms with Crippen LogP contribution in [0.5, 0.6) is 5.75 Å². The molecule has 29 heavy (non-hydrogen) atoms. The van der Waals surface area contributed by atoms with Crippen molar-refractivity contribution in [3.8, 4) is 5.75 Å². The lowest BCUT2D eigenvalue weighted by atomic mass is 10.0. The van der Waals surface area contributed by atoms with E-state index >= 15 is 0 Å². The average Bonchev–Trinajstić information content (AvgIpc) is 2.75. The second kappa shape index (κ2) is 14.7. The fourth-order valence-corrected chi connectivity index (χ4v) is 4.24. The minimum Gasteiger partial charge on any atom is -0.497 e. The van der Waals surface area contributed by atoms with Gasteiger partial charge in [-0.2, -0.15) is 0 Å². The van der Waals surface area contributed by atoms with Crippen molar-refractivity contribution in [2.24, 2.45) is 0 Å². The minimum atomic E-state index is -0.170. The Bertz CT molecular complexity index is 512. The number of ether oxygens (including phenoxy) is 1. The molecule has 4 heteroatoms. The summed E-state index contributed by atoms with van der Waals surface area (Å²) in [5, 5.41) is 10.4. The Balaban J connectivity index is 1.48. The summed E-state index contributed by atoms with van der Waals surface area (Å²) in [6.45, 7) is 7.21. The molecule has 2 rings (SSSR count). The van der Waals surface area contributed by atoms with E-state index in [1.807, 2.05) is 12.1 Å². The number of anilines is 1. The molecule has 0 aromatic heterocycles. The van der Waals surface area contributed by atoms with E-state index in [4.69, 9.17) is 4.74 Å². The van der Waals surface area contributed by atoms with Crippen LogP contribution in [0.4, 0.5) is 5.69 Å². The molecule has 1 heterocycles. The van der Waals surface area contributed by atoms with Crippen LogP contribution >= 0.6 is 0 Å². The van der Waals surface area contributed by atoms with Crippen LogP contribution in [-0.4, -0.2) is 55.9 Å². The smallest absolute Gasteiger partial charge is 0.119 e. The highest BCUT2D eigenvalue weighted by atomic mass is 16.5. The van der Waals surface area contributed by atoms with Crippen molar-refractivity contribution in [2.75, 3.05) is 44.7 Å². The molecule has 166 valence electrons. The van der Waals surface area contributed by atoms with Crippen LogP contribution in [0.25, 0.3) is 0 Å². The zero-order valence-electron chi connectivity index (χ0n) is 19.0. The van der Waals surface area contributed by atoms with E-state index in [9.17, 15) is 5.11 Å². The van der Waals surface area contributed by atoms with Crippen LogP contribution in [0.3, 0.4) is 0 Å². The van der Waals surface area contributed by atoms with Crippen molar-refractivity contribution in [2.45, 2.75) is 83.7 Å². The van der Waals surface area contributed by atoms with Crippen molar-refractivity contribution in [1.29, 1.82) is 0 Å². The Morgan fingerprint density at radius 3 is 1.93 bits per heavy atom. The number of benzene rings is 1. The van der Waals surface area contributed by atoms with Crippen LogP contribution in [0, 0.1) is 0 Å². The summed E-state index contributed by atoms with van der Waals surface area (Å²) >= 11 is 0. The maximum Gasteiger partial charge on any atom is 0.119 e. The first-order valence-electron chi connectivity index (χ1n) is 12.0. The van der Waals surface area contributed by atoms with Crippen LogP contribution < -0.4 is 9.64 Å². The van der Waals surface area contributed by atoms with Gasteiger partial charge >= 0.3 is 0 Å². The summed E-state index contributed by atoms with van der Waals surface area (Å²) in [5.41, 5.74) is 1.26. The van der Waals surface area contributed by atoms with Crippen LogP contribution in [-0.2, 0) is 0 Å². The molecule has 0 saturated carbocycles. The molecule has 0 spiro atoms. The third-order valence-electron chi connectivity index (χ3n) is 6.17. The Hall–Kier alpha value is -1.26. The van der Waals surface area contributed by atoms with Crippen LogP contribution in [0.15, 0.2) is 24.3 Å². The second-order valence-electron chi connectivity index (χ2n) is 8.61. The van der Waals surface area contributed by atoms with E-state index in [2.05, 4.69) is 28.9 Å². The molecule has 1 saturated heterocycles. The fraction of sp³-hybridized carbons (Fsp3) is 0.760. The van der Waals surface area contributed by atoms with Gasteiger partial charge in [0, 0.05) is 38.4 Å². The number of β-amino-alcohol motifs (C(OH)–C–C–N with tert-alkyl or cyclic N) is 1. The number of rotatable bonds is 15. The topological polar surface area (TPSA) is 35.9 Å². The van der Waals surface area contributed by atoms with Gasteiger partial charge in [-0.05, 0) is 30.7 Å². The van der Waals surface area contributed by atoms with E-state index in [1.165, 1.54) is 69.9 Å². The molecule has 1 atom stereocenters. The van der Waals surface area contributed by atoms with Gasteiger partial charge < -0.3 is 14.7 Å². The maximum atomic E-state index is 10.4. The number of aliphatic hydroxyl groups is 1. The van der Waals surface area contributed by atoms with Crippen LogP contribution in [0.2, 0.25) is 0 Å². The highest BCUT2D eigenvalue weighted by molar-refractivity contribution is 5.49. The number of methoxy groups -OCH3 is 1. The standard InChI is InChI=1S/C25H44N2O2/c1-3-4-5-6-7-8-9-10-11-12-13-24(28)22-26-18-20-27(21-19-26)23-14-16-25(29-2)17-15-23/h14-17,24,28H,3-13,18-22H2,1-2H3. The normalized spacial score (nSPS) is 16.2. The van der Waals surface area contributed by atoms with Crippen LogP contribution in [0.1, 0.15) is 77.6 Å². The van der Waals surface area contributed by atoms with E-state index in [1.54, 1.807) is 7.11 Å². The molecule has 0 aliphatic carbocycles. The molecular weight excluding hydrogens is 360 g/mol. The Morgan fingerprint density at radius 2 is 1.38 bits per heavy atom. The van der Waals surface area contributed by atoms with E-state index in [0.29, 0.717) is 0 Å². The zero-order valence-corrected chi connectivity index (χ0v) is 19.0. The molecule has 4 nitrogen and oxygen atoms in total. The summed E-state index contributed by atoms with van der Waals surface area (Å²) in [7, 11) is 1.70. The Labute approximate surface area is 179 Å². The fourth-order valence-electron chi connectivity index (χ4n) is 4.24. The molecule has 1 N–H and O–H groups in total. The number of piperazine rings is 1. The molecule has 1 aliphatic heterocycles. The Kier molecular flexibility index (Phi) is 12.2. The summed E-state index contributed by atoms with van der Waals surface area (Å²) in [4.78, 5) is 4.84. The predicted molar refractivity (Wildman–Crippen MR) is 124 cm³/mol. The van der Waals surface area contributed by atoms with Crippen molar-refractivity contribution in [1.82, 2.24) is 4.90 Å². The van der Waals surface area contributed by atoms with E-state index in [-0.39, 0.29) is 6.10 Å². The van der Waals surface area contributed by atoms with E-state index < -0.39 is 0 Å². The first-order chi connectivity index (χ1) is 14.2. The average molecular weight is 405 g/mol. The zero-order chi connectivity index (χ0) is 20.7. The highest BCUT2D eigenvalue weighted by Gasteiger charge is 2.19. The number of hydrogen-bond donors (Lipinski definition) is 1. The lowest BCUT2D eigenvalue weighted by molar-refractivity contribution is 0.0996. The number of nitrogens with zero attached hydrogens (tertiary/aromatic N) is 2. The molecule has 1 aliphatic rings. The highest BCUT2D eigenvalue weighted by Crippen LogP contribution is 2.21. The van der Waals surface area contributed by atoms with Gasteiger partial charge in [0.05, 0.1) is 13.2 Å². The van der Waals surface area contributed by atoms with Gasteiger partial charge in [-0.3, -0.25) is 4.90 Å². The molecule has 1 unspecified atom stereocenters. The van der Waals surface area contributed by atoms with Gasteiger partial charge in [0.2, 0.25) is 0 Å². The first-order valence-corrected chi connectivity index (χ1v) is 12.0. The van der Waals surface area contributed by atoms with Gasteiger partial charge in [-0.1, -0.05) is 71.1 Å². The molecule has 1 aromatic rings. The van der Waals surface area contributed by atoms with E-state index in [0.717, 1.165) is 44.9 Å².